The van der Waals surface area contributed by atoms with Crippen LogP contribution in [0.5, 0.6) is 0 Å². The highest BCUT2D eigenvalue weighted by Gasteiger charge is 2.35. The molecule has 1 saturated heterocycles. The predicted octanol–water partition coefficient (Wildman–Crippen LogP) is 2.59. The summed E-state index contributed by atoms with van der Waals surface area (Å²) < 4.78 is 26.7. The number of pyridine rings is 1. The summed E-state index contributed by atoms with van der Waals surface area (Å²) in [7, 11) is 0. The number of hydrogen-bond acceptors (Lipinski definition) is 3. The Balaban J connectivity index is 1.68. The van der Waals surface area contributed by atoms with Crippen molar-refractivity contribution in [1.29, 1.82) is 0 Å². The maximum absolute atomic E-state index is 13.4. The van der Waals surface area contributed by atoms with Crippen LogP contribution in [-0.2, 0) is 9.59 Å². The molecule has 2 amide bonds. The number of amides is 2. The Morgan fingerprint density at radius 2 is 2.04 bits per heavy atom. The first-order valence-corrected chi connectivity index (χ1v) is 7.91. The number of nitrogens with one attached hydrogen (secondary N) is 1. The maximum atomic E-state index is 13.4. The molecule has 25 heavy (non-hydrogen) atoms. The lowest BCUT2D eigenvalue weighted by atomic mass is 10.1. The minimum atomic E-state index is -0.763. The maximum Gasteiger partial charge on any atom is 0.227 e. The van der Waals surface area contributed by atoms with Gasteiger partial charge in [0.05, 0.1) is 12.0 Å². The normalized spacial score (nSPS) is 18.3. The molecule has 1 aromatic carbocycles. The Morgan fingerprint density at radius 3 is 2.68 bits per heavy atom. The molecule has 2 heterocycles. The molecule has 0 unspecified atom stereocenters. The van der Waals surface area contributed by atoms with Crippen LogP contribution in [0.15, 0.2) is 42.7 Å². The van der Waals surface area contributed by atoms with E-state index in [1.807, 2.05) is 13.0 Å². The van der Waals surface area contributed by atoms with Crippen LogP contribution in [0.1, 0.15) is 24.9 Å². The summed E-state index contributed by atoms with van der Waals surface area (Å²) in [5.74, 6) is -2.71. The van der Waals surface area contributed by atoms with Crippen molar-refractivity contribution in [1.82, 2.24) is 10.3 Å². The molecule has 1 fully saturated rings. The average molecular weight is 345 g/mol. The van der Waals surface area contributed by atoms with Crippen molar-refractivity contribution in [3.63, 3.8) is 0 Å². The summed E-state index contributed by atoms with van der Waals surface area (Å²) in [6, 6.07) is 6.27. The third-order valence-corrected chi connectivity index (χ3v) is 4.20. The molecular formula is C18H17F2N3O2. The van der Waals surface area contributed by atoms with Crippen molar-refractivity contribution in [3.05, 3.63) is 59.9 Å². The molecule has 0 saturated carbocycles. The molecular weight excluding hydrogens is 328 g/mol. The summed E-state index contributed by atoms with van der Waals surface area (Å²) in [4.78, 5) is 29.8. The van der Waals surface area contributed by atoms with Gasteiger partial charge < -0.3 is 10.2 Å². The lowest BCUT2D eigenvalue weighted by molar-refractivity contribution is -0.126. The fourth-order valence-corrected chi connectivity index (χ4v) is 2.87. The van der Waals surface area contributed by atoms with Gasteiger partial charge in [-0.15, -0.1) is 0 Å². The zero-order chi connectivity index (χ0) is 18.0. The number of halogens is 2. The van der Waals surface area contributed by atoms with E-state index in [9.17, 15) is 18.4 Å². The van der Waals surface area contributed by atoms with Gasteiger partial charge in [0.1, 0.15) is 11.6 Å². The SMILES string of the molecule is C[C@H](NC(=O)[C@@H]1CC(=O)N(c2cc(F)cc(F)c2)C1)c1cccnc1. The highest BCUT2D eigenvalue weighted by molar-refractivity contribution is 6.00. The number of anilines is 1. The summed E-state index contributed by atoms with van der Waals surface area (Å²) >= 11 is 0. The van der Waals surface area contributed by atoms with Crippen LogP contribution in [0.4, 0.5) is 14.5 Å². The topological polar surface area (TPSA) is 62.3 Å². The summed E-state index contributed by atoms with van der Waals surface area (Å²) in [6.07, 6.45) is 3.31. The Morgan fingerprint density at radius 1 is 1.32 bits per heavy atom. The third-order valence-electron chi connectivity index (χ3n) is 4.20. The van der Waals surface area contributed by atoms with Gasteiger partial charge in [-0.05, 0) is 30.7 Å². The monoisotopic (exact) mass is 345 g/mol. The largest absolute Gasteiger partial charge is 0.349 e. The summed E-state index contributed by atoms with van der Waals surface area (Å²) in [5.41, 5.74) is 0.974. The predicted molar refractivity (Wildman–Crippen MR) is 87.6 cm³/mol. The fourth-order valence-electron chi connectivity index (χ4n) is 2.87. The van der Waals surface area contributed by atoms with Gasteiger partial charge in [0, 0.05) is 37.1 Å². The van der Waals surface area contributed by atoms with Crippen molar-refractivity contribution in [3.8, 4) is 0 Å². The number of carbonyl (C=O) groups is 2. The van der Waals surface area contributed by atoms with E-state index < -0.39 is 17.6 Å². The summed E-state index contributed by atoms with van der Waals surface area (Å²) in [6.45, 7) is 1.92. The second-order valence-corrected chi connectivity index (χ2v) is 6.05. The Kier molecular flexibility index (Phi) is 4.74. The molecule has 3 rings (SSSR count). The molecule has 2 aromatic rings. The Hall–Kier alpha value is -2.83. The number of hydrogen-bond donors (Lipinski definition) is 1. The molecule has 1 aliphatic rings. The van der Waals surface area contributed by atoms with Crippen LogP contribution in [0.3, 0.4) is 0 Å². The number of benzene rings is 1. The molecule has 1 N–H and O–H groups in total. The van der Waals surface area contributed by atoms with Crippen LogP contribution in [0.2, 0.25) is 0 Å². The zero-order valence-corrected chi connectivity index (χ0v) is 13.6. The molecule has 0 radical (unpaired) electrons. The van der Waals surface area contributed by atoms with Crippen molar-refractivity contribution >= 4 is 17.5 Å². The van der Waals surface area contributed by atoms with Gasteiger partial charge in [-0.25, -0.2) is 8.78 Å². The van der Waals surface area contributed by atoms with Crippen LogP contribution in [-0.4, -0.2) is 23.3 Å². The number of carbonyl (C=O) groups excluding carboxylic acids is 2. The quantitative estimate of drug-likeness (QED) is 0.926. The Bertz CT molecular complexity index is 778. The highest BCUT2D eigenvalue weighted by Crippen LogP contribution is 2.27. The van der Waals surface area contributed by atoms with Crippen LogP contribution in [0, 0.1) is 17.6 Å². The molecule has 0 aliphatic carbocycles. The zero-order valence-electron chi connectivity index (χ0n) is 13.6. The van der Waals surface area contributed by atoms with Gasteiger partial charge in [0.25, 0.3) is 0 Å². The summed E-state index contributed by atoms with van der Waals surface area (Å²) in [5, 5.41) is 2.85. The third kappa shape index (κ3) is 3.81. The van der Waals surface area contributed by atoms with Gasteiger partial charge in [0.2, 0.25) is 11.8 Å². The second-order valence-electron chi connectivity index (χ2n) is 6.05. The first-order chi connectivity index (χ1) is 11.9. The van der Waals surface area contributed by atoms with E-state index in [1.165, 1.54) is 4.90 Å². The van der Waals surface area contributed by atoms with Crippen molar-refractivity contribution < 1.29 is 18.4 Å². The van der Waals surface area contributed by atoms with Gasteiger partial charge >= 0.3 is 0 Å². The smallest absolute Gasteiger partial charge is 0.227 e. The van der Waals surface area contributed by atoms with E-state index in [1.54, 1.807) is 18.5 Å². The van der Waals surface area contributed by atoms with Gasteiger partial charge in [-0.2, -0.15) is 0 Å². The van der Waals surface area contributed by atoms with Crippen LogP contribution >= 0.6 is 0 Å². The first-order valence-electron chi connectivity index (χ1n) is 7.91. The van der Waals surface area contributed by atoms with E-state index in [2.05, 4.69) is 10.3 Å². The molecule has 1 aliphatic heterocycles. The number of nitrogens with zero attached hydrogens (tertiary/aromatic N) is 2. The molecule has 5 nitrogen and oxygen atoms in total. The molecule has 1 aromatic heterocycles. The number of aromatic nitrogens is 1. The molecule has 7 heteroatoms. The molecule has 0 spiro atoms. The fraction of sp³-hybridized carbons (Fsp3) is 0.278. The second kappa shape index (κ2) is 6.96. The molecule has 0 bridgehead atoms. The van der Waals surface area contributed by atoms with Crippen LogP contribution < -0.4 is 10.2 Å². The van der Waals surface area contributed by atoms with E-state index in [4.69, 9.17) is 0 Å². The lowest BCUT2D eigenvalue weighted by Gasteiger charge is -2.18. The van der Waals surface area contributed by atoms with E-state index in [0.29, 0.717) is 0 Å². The van der Waals surface area contributed by atoms with Gasteiger partial charge in [-0.3, -0.25) is 14.6 Å². The van der Waals surface area contributed by atoms with E-state index >= 15 is 0 Å². The Labute approximate surface area is 143 Å². The molecule has 130 valence electrons. The first kappa shape index (κ1) is 17.0. The highest BCUT2D eigenvalue weighted by atomic mass is 19.1. The van der Waals surface area contributed by atoms with E-state index in [-0.39, 0.29) is 36.5 Å². The van der Waals surface area contributed by atoms with Gasteiger partial charge in [0.15, 0.2) is 0 Å². The lowest BCUT2D eigenvalue weighted by Crippen LogP contribution is -2.34. The van der Waals surface area contributed by atoms with Crippen molar-refractivity contribution in [2.45, 2.75) is 19.4 Å². The minimum Gasteiger partial charge on any atom is -0.349 e. The average Bonchev–Trinajstić information content (AvgIpc) is 2.97. The van der Waals surface area contributed by atoms with Gasteiger partial charge in [-0.1, -0.05) is 6.07 Å². The minimum absolute atomic E-state index is 0.00370. The molecule has 2 atom stereocenters. The van der Waals surface area contributed by atoms with Crippen molar-refractivity contribution in [2.75, 3.05) is 11.4 Å². The van der Waals surface area contributed by atoms with E-state index in [0.717, 1.165) is 23.8 Å². The van der Waals surface area contributed by atoms with Crippen molar-refractivity contribution in [2.24, 2.45) is 5.92 Å². The standard InChI is InChI=1S/C18H17F2N3O2/c1-11(12-3-2-4-21-9-12)22-18(25)13-5-17(24)23(10-13)16-7-14(19)6-15(20)8-16/h2-4,6-9,11,13H,5,10H2,1H3,(H,22,25)/t11-,13+/m0/s1. The van der Waals surface area contributed by atoms with Crippen LogP contribution in [0.25, 0.3) is 0 Å². The number of rotatable bonds is 4.